The highest BCUT2D eigenvalue weighted by Crippen LogP contribution is 2.15. The molecule has 0 heterocycles. The minimum absolute atomic E-state index is 0.00694. The molecule has 74 valence electrons. The fourth-order valence-electron chi connectivity index (χ4n) is 0.984. The molecule has 0 fully saturated rings. The van der Waals surface area contributed by atoms with E-state index in [1.54, 1.807) is 0 Å². The number of benzene rings is 1. The first-order chi connectivity index (χ1) is 6.69. The van der Waals surface area contributed by atoms with Crippen molar-refractivity contribution in [2.45, 2.75) is 0 Å². The minimum atomic E-state index is -0.667. The Morgan fingerprint density at radius 1 is 1.43 bits per heavy atom. The molecule has 0 aliphatic heterocycles. The van der Waals surface area contributed by atoms with Gasteiger partial charge in [0.05, 0.1) is 13.4 Å². The molecule has 4 heteroatoms. The van der Waals surface area contributed by atoms with Crippen LogP contribution < -0.4 is 0 Å². The van der Waals surface area contributed by atoms with Crippen LogP contribution in [0.4, 0.5) is 4.39 Å². The van der Waals surface area contributed by atoms with Gasteiger partial charge in [0.25, 0.3) is 0 Å². The molecule has 1 aromatic rings. The van der Waals surface area contributed by atoms with Crippen LogP contribution in [0.3, 0.4) is 0 Å². The molecule has 0 aliphatic carbocycles. The molecule has 14 heavy (non-hydrogen) atoms. The Balaban J connectivity index is 3.03. The van der Waals surface area contributed by atoms with Crippen LogP contribution >= 0.6 is 0 Å². The van der Waals surface area contributed by atoms with E-state index in [2.05, 4.69) is 4.74 Å². The molecule has 0 saturated heterocycles. The van der Waals surface area contributed by atoms with Gasteiger partial charge >= 0.3 is 5.97 Å². The van der Waals surface area contributed by atoms with Crippen molar-refractivity contribution in [2.24, 2.45) is 0 Å². The van der Waals surface area contributed by atoms with Gasteiger partial charge < -0.3 is 9.84 Å². The number of carbonyl (C=O) groups excluding carboxylic acids is 1. The Labute approximate surface area is 80.4 Å². The third-order valence-electron chi connectivity index (χ3n) is 1.69. The van der Waals surface area contributed by atoms with Crippen LogP contribution in [0, 0.1) is 5.82 Å². The molecule has 0 atom stereocenters. The number of carbonyl (C=O) groups is 1. The van der Waals surface area contributed by atoms with Crippen molar-refractivity contribution in [3.8, 4) is 0 Å². The van der Waals surface area contributed by atoms with Gasteiger partial charge in [0.1, 0.15) is 11.4 Å². The lowest BCUT2D eigenvalue weighted by atomic mass is 10.1. The molecule has 1 N–H and O–H groups in total. The van der Waals surface area contributed by atoms with E-state index in [0.29, 0.717) is 11.8 Å². The SMILES string of the molecule is COC(=O)/C(=C/O)c1ccc(F)cc1. The van der Waals surface area contributed by atoms with E-state index < -0.39 is 11.8 Å². The first-order valence-electron chi connectivity index (χ1n) is 3.87. The number of esters is 1. The molecule has 0 aromatic heterocycles. The molecule has 0 spiro atoms. The van der Waals surface area contributed by atoms with Crippen LogP contribution in [-0.2, 0) is 9.53 Å². The monoisotopic (exact) mass is 196 g/mol. The number of hydrogen-bond acceptors (Lipinski definition) is 3. The normalized spacial score (nSPS) is 11.1. The van der Waals surface area contributed by atoms with E-state index in [1.165, 1.54) is 31.4 Å². The van der Waals surface area contributed by atoms with Gasteiger partial charge in [0, 0.05) is 0 Å². The van der Waals surface area contributed by atoms with Crippen LogP contribution in [0.1, 0.15) is 5.56 Å². The molecule has 0 radical (unpaired) electrons. The molecule has 1 aromatic carbocycles. The smallest absolute Gasteiger partial charge is 0.341 e. The first-order valence-corrected chi connectivity index (χ1v) is 3.87. The number of halogens is 1. The lowest BCUT2D eigenvalue weighted by molar-refractivity contribution is -0.133. The maximum atomic E-state index is 12.5. The van der Waals surface area contributed by atoms with Crippen LogP contribution in [0.2, 0.25) is 0 Å². The number of rotatable bonds is 2. The predicted molar refractivity (Wildman–Crippen MR) is 49.0 cm³/mol. The number of ether oxygens (including phenoxy) is 1. The van der Waals surface area contributed by atoms with E-state index in [0.717, 1.165) is 0 Å². The Morgan fingerprint density at radius 3 is 2.43 bits per heavy atom. The quantitative estimate of drug-likeness (QED) is 0.446. The summed E-state index contributed by atoms with van der Waals surface area (Å²) in [5.41, 5.74) is 0.397. The van der Waals surface area contributed by atoms with Crippen molar-refractivity contribution < 1.29 is 19.0 Å². The fourth-order valence-corrected chi connectivity index (χ4v) is 0.984. The third-order valence-corrected chi connectivity index (χ3v) is 1.69. The van der Waals surface area contributed by atoms with Crippen LogP contribution in [-0.4, -0.2) is 18.2 Å². The zero-order valence-electron chi connectivity index (χ0n) is 7.53. The molecule has 0 saturated carbocycles. The second-order valence-corrected chi connectivity index (χ2v) is 2.54. The largest absolute Gasteiger partial charge is 0.515 e. The molecule has 0 aliphatic rings. The molecular formula is C10H9FO3. The van der Waals surface area contributed by atoms with Gasteiger partial charge in [-0.25, -0.2) is 9.18 Å². The molecular weight excluding hydrogens is 187 g/mol. The summed E-state index contributed by atoms with van der Waals surface area (Å²) in [7, 11) is 1.20. The standard InChI is InChI=1S/C10H9FO3/c1-14-10(13)9(6-12)7-2-4-8(11)5-3-7/h2-6,12H,1H3/b9-6+. The number of methoxy groups -OCH3 is 1. The van der Waals surface area contributed by atoms with Gasteiger partial charge in [-0.05, 0) is 17.7 Å². The summed E-state index contributed by atoms with van der Waals surface area (Å²) in [5, 5.41) is 8.79. The predicted octanol–water partition coefficient (Wildman–Crippen LogP) is 1.90. The highest BCUT2D eigenvalue weighted by molar-refractivity contribution is 6.15. The average molecular weight is 196 g/mol. The molecule has 3 nitrogen and oxygen atoms in total. The highest BCUT2D eigenvalue weighted by Gasteiger charge is 2.11. The maximum absolute atomic E-state index is 12.5. The average Bonchev–Trinajstić information content (AvgIpc) is 2.21. The summed E-state index contributed by atoms with van der Waals surface area (Å²) in [6.45, 7) is 0. The van der Waals surface area contributed by atoms with Crippen molar-refractivity contribution in [1.82, 2.24) is 0 Å². The number of aliphatic hydroxyl groups excluding tert-OH is 1. The zero-order chi connectivity index (χ0) is 10.6. The van der Waals surface area contributed by atoms with Crippen molar-refractivity contribution in [3.05, 3.63) is 41.9 Å². The Morgan fingerprint density at radius 2 is 2.00 bits per heavy atom. The molecule has 1 rings (SSSR count). The summed E-state index contributed by atoms with van der Waals surface area (Å²) >= 11 is 0. The third kappa shape index (κ3) is 2.10. The van der Waals surface area contributed by atoms with Crippen LogP contribution in [0.25, 0.3) is 5.57 Å². The molecule has 0 unspecified atom stereocenters. The number of aliphatic hydroxyl groups is 1. The molecule has 0 amide bonds. The van der Waals surface area contributed by atoms with E-state index in [-0.39, 0.29) is 5.57 Å². The first kappa shape index (κ1) is 10.2. The van der Waals surface area contributed by atoms with Gasteiger partial charge in [-0.15, -0.1) is 0 Å². The lowest BCUT2D eigenvalue weighted by Crippen LogP contribution is -2.03. The second kappa shape index (κ2) is 4.41. The van der Waals surface area contributed by atoms with Gasteiger partial charge in [-0.3, -0.25) is 0 Å². The van der Waals surface area contributed by atoms with E-state index >= 15 is 0 Å². The minimum Gasteiger partial charge on any atom is -0.515 e. The van der Waals surface area contributed by atoms with Gasteiger partial charge in [0.15, 0.2) is 0 Å². The summed E-state index contributed by atoms with van der Waals surface area (Å²) in [6.07, 6.45) is 0.638. The van der Waals surface area contributed by atoms with Gasteiger partial charge in [-0.1, -0.05) is 12.1 Å². The van der Waals surface area contributed by atoms with E-state index in [4.69, 9.17) is 5.11 Å². The second-order valence-electron chi connectivity index (χ2n) is 2.54. The summed E-state index contributed by atoms with van der Waals surface area (Å²) in [5.74, 6) is -1.07. The fraction of sp³-hybridized carbons (Fsp3) is 0.100. The van der Waals surface area contributed by atoms with E-state index in [9.17, 15) is 9.18 Å². The van der Waals surface area contributed by atoms with Crippen molar-refractivity contribution in [3.63, 3.8) is 0 Å². The van der Waals surface area contributed by atoms with Gasteiger partial charge in [-0.2, -0.15) is 0 Å². The summed E-state index contributed by atoms with van der Waals surface area (Å²) in [4.78, 5) is 11.1. The topological polar surface area (TPSA) is 46.5 Å². The van der Waals surface area contributed by atoms with Gasteiger partial charge in [0.2, 0.25) is 0 Å². The Bertz CT molecular complexity index is 354. The molecule has 0 bridgehead atoms. The van der Waals surface area contributed by atoms with E-state index in [1.807, 2.05) is 0 Å². The van der Waals surface area contributed by atoms with Crippen molar-refractivity contribution in [2.75, 3.05) is 7.11 Å². The summed E-state index contributed by atoms with van der Waals surface area (Å²) < 4.78 is 17.0. The van der Waals surface area contributed by atoms with Crippen LogP contribution in [0.5, 0.6) is 0 Å². The highest BCUT2D eigenvalue weighted by atomic mass is 19.1. The summed E-state index contributed by atoms with van der Waals surface area (Å²) in [6, 6.07) is 5.16. The van der Waals surface area contributed by atoms with Crippen molar-refractivity contribution >= 4 is 11.5 Å². The Kier molecular flexibility index (Phi) is 3.23. The van der Waals surface area contributed by atoms with Crippen LogP contribution in [0.15, 0.2) is 30.5 Å². The van der Waals surface area contributed by atoms with Crippen molar-refractivity contribution in [1.29, 1.82) is 0 Å². The Hall–Kier alpha value is -1.84. The lowest BCUT2D eigenvalue weighted by Gasteiger charge is -2.03. The zero-order valence-corrected chi connectivity index (χ0v) is 7.53. The number of hydrogen-bond donors (Lipinski definition) is 1. The maximum Gasteiger partial charge on any atom is 0.341 e.